The Hall–Kier alpha value is -2.31. The third kappa shape index (κ3) is 3.12. The minimum atomic E-state index is -4.78. The normalized spacial score (nSPS) is 11.4. The molecule has 0 atom stereocenters. The first-order chi connectivity index (χ1) is 8.87. The van der Waals surface area contributed by atoms with Gasteiger partial charge in [0.05, 0.1) is 0 Å². The van der Waals surface area contributed by atoms with Gasteiger partial charge in [-0.05, 0) is 23.8 Å². The van der Waals surface area contributed by atoms with Crippen LogP contribution in [0.2, 0.25) is 0 Å². The van der Waals surface area contributed by atoms with Gasteiger partial charge in [0.15, 0.2) is 5.82 Å². The minimum Gasteiger partial charge on any atom is -0.406 e. The molecule has 0 aliphatic heterocycles. The Labute approximate surface area is 104 Å². The quantitative estimate of drug-likeness (QED) is 0.854. The highest BCUT2D eigenvalue weighted by molar-refractivity contribution is 5.64. The molecule has 0 aliphatic rings. The first kappa shape index (κ1) is 13.1. The third-order valence-electron chi connectivity index (χ3n) is 2.30. The number of alkyl halides is 3. The Morgan fingerprint density at radius 3 is 2.26 bits per heavy atom. The molecule has 19 heavy (non-hydrogen) atoms. The Kier molecular flexibility index (Phi) is 3.28. The van der Waals surface area contributed by atoms with E-state index in [1.807, 2.05) is 0 Å². The molecule has 0 fully saturated rings. The number of halogens is 4. The topological polar surface area (TPSA) is 42.1 Å². The van der Waals surface area contributed by atoms with Gasteiger partial charge in [0.25, 0.3) is 5.56 Å². The fourth-order valence-electron chi connectivity index (χ4n) is 1.52. The highest BCUT2D eigenvalue weighted by Crippen LogP contribution is 2.26. The Balaban J connectivity index is 2.33. The molecule has 0 unspecified atom stereocenters. The molecule has 2 rings (SSSR count). The van der Waals surface area contributed by atoms with Gasteiger partial charge in [-0.2, -0.15) is 0 Å². The van der Waals surface area contributed by atoms with Gasteiger partial charge < -0.3 is 9.72 Å². The highest BCUT2D eigenvalue weighted by Gasteiger charge is 2.30. The van der Waals surface area contributed by atoms with Gasteiger partial charge in [-0.3, -0.25) is 4.79 Å². The van der Waals surface area contributed by atoms with Crippen LogP contribution in [0.5, 0.6) is 5.75 Å². The minimum absolute atomic E-state index is 0.00214. The Morgan fingerprint density at radius 2 is 1.68 bits per heavy atom. The molecule has 3 nitrogen and oxygen atoms in total. The zero-order valence-corrected chi connectivity index (χ0v) is 9.29. The predicted octanol–water partition coefficient (Wildman–Crippen LogP) is 3.08. The van der Waals surface area contributed by atoms with E-state index in [9.17, 15) is 22.4 Å². The largest absolute Gasteiger partial charge is 0.573 e. The number of hydrogen-bond donors (Lipinski definition) is 1. The first-order valence-electron chi connectivity index (χ1n) is 5.10. The summed E-state index contributed by atoms with van der Waals surface area (Å²) < 4.78 is 53.1. The average molecular weight is 273 g/mol. The lowest BCUT2D eigenvalue weighted by molar-refractivity contribution is -0.274. The number of ether oxygens (including phenoxy) is 1. The van der Waals surface area contributed by atoms with E-state index in [-0.39, 0.29) is 11.1 Å². The second-order valence-corrected chi connectivity index (χ2v) is 3.61. The van der Waals surface area contributed by atoms with E-state index in [1.54, 1.807) is 0 Å². The van der Waals surface area contributed by atoms with Crippen molar-refractivity contribution >= 4 is 0 Å². The molecule has 0 aliphatic carbocycles. The van der Waals surface area contributed by atoms with Crippen LogP contribution in [0.4, 0.5) is 17.6 Å². The number of hydrogen-bond acceptors (Lipinski definition) is 2. The highest BCUT2D eigenvalue weighted by atomic mass is 19.4. The van der Waals surface area contributed by atoms with Crippen molar-refractivity contribution in [2.75, 3.05) is 0 Å². The number of aromatic nitrogens is 1. The summed E-state index contributed by atoms with van der Waals surface area (Å²) in [5, 5.41) is 0. The second kappa shape index (κ2) is 4.75. The van der Waals surface area contributed by atoms with E-state index in [4.69, 9.17) is 0 Å². The molecule has 1 aromatic heterocycles. The van der Waals surface area contributed by atoms with Crippen LogP contribution < -0.4 is 10.3 Å². The number of H-pyrrole nitrogens is 1. The maximum atomic E-state index is 13.5. The molecule has 1 aromatic carbocycles. The molecule has 0 radical (unpaired) electrons. The van der Waals surface area contributed by atoms with Crippen LogP contribution in [0.1, 0.15) is 0 Å². The zero-order chi connectivity index (χ0) is 14.0. The van der Waals surface area contributed by atoms with Crippen molar-refractivity contribution in [1.29, 1.82) is 0 Å². The van der Waals surface area contributed by atoms with Crippen molar-refractivity contribution in [2.24, 2.45) is 0 Å². The number of rotatable bonds is 2. The predicted molar refractivity (Wildman–Crippen MR) is 59.1 cm³/mol. The summed E-state index contributed by atoms with van der Waals surface area (Å²) in [4.78, 5) is 13.2. The Morgan fingerprint density at radius 1 is 1.05 bits per heavy atom. The third-order valence-corrected chi connectivity index (χ3v) is 2.30. The maximum Gasteiger partial charge on any atom is 0.573 e. The lowest BCUT2D eigenvalue weighted by atomic mass is 10.1. The van der Waals surface area contributed by atoms with Crippen molar-refractivity contribution in [3.8, 4) is 16.9 Å². The smallest absolute Gasteiger partial charge is 0.406 e. The molecule has 7 heteroatoms. The molecule has 2 aromatic rings. The summed E-state index contributed by atoms with van der Waals surface area (Å²) in [7, 11) is 0. The van der Waals surface area contributed by atoms with Gasteiger partial charge in [-0.1, -0.05) is 12.1 Å². The molecular formula is C12H7F4NO2. The number of pyridine rings is 1. The average Bonchev–Trinajstić information content (AvgIpc) is 2.32. The van der Waals surface area contributed by atoms with Crippen LogP contribution in [0, 0.1) is 5.82 Å². The van der Waals surface area contributed by atoms with E-state index in [2.05, 4.69) is 9.72 Å². The molecular weight excluding hydrogens is 266 g/mol. The van der Waals surface area contributed by atoms with Crippen molar-refractivity contribution < 1.29 is 22.3 Å². The zero-order valence-electron chi connectivity index (χ0n) is 9.29. The summed E-state index contributed by atoms with van der Waals surface area (Å²) in [5.41, 5.74) is -0.617. The number of aromatic amines is 1. The monoisotopic (exact) mass is 273 g/mol. The van der Waals surface area contributed by atoms with Crippen molar-refractivity contribution in [3.05, 3.63) is 52.7 Å². The van der Waals surface area contributed by atoms with E-state index in [0.29, 0.717) is 0 Å². The molecule has 100 valence electrons. The van der Waals surface area contributed by atoms with Crippen LogP contribution in [-0.2, 0) is 0 Å². The van der Waals surface area contributed by atoms with E-state index in [0.717, 1.165) is 12.1 Å². The van der Waals surface area contributed by atoms with E-state index >= 15 is 0 Å². The lowest BCUT2D eigenvalue weighted by Crippen LogP contribution is -2.17. The van der Waals surface area contributed by atoms with Gasteiger partial charge in [-0.25, -0.2) is 4.39 Å². The van der Waals surface area contributed by atoms with Gasteiger partial charge in [0.1, 0.15) is 5.75 Å². The van der Waals surface area contributed by atoms with E-state index in [1.165, 1.54) is 24.4 Å². The summed E-state index contributed by atoms with van der Waals surface area (Å²) in [5.74, 6) is -1.41. The fraction of sp³-hybridized carbons (Fsp3) is 0.0833. The van der Waals surface area contributed by atoms with Gasteiger partial charge in [-0.15, -0.1) is 13.2 Å². The van der Waals surface area contributed by atoms with Gasteiger partial charge >= 0.3 is 6.36 Å². The van der Waals surface area contributed by atoms with Crippen LogP contribution >= 0.6 is 0 Å². The summed E-state index contributed by atoms with van der Waals surface area (Å²) in [6.07, 6.45) is -3.53. The summed E-state index contributed by atoms with van der Waals surface area (Å²) in [6.45, 7) is 0. The SMILES string of the molecule is O=c1[nH]ccc(-c2ccc(OC(F)(F)F)cc2)c1F. The van der Waals surface area contributed by atoms with Crippen molar-refractivity contribution in [3.63, 3.8) is 0 Å². The maximum absolute atomic E-state index is 13.5. The van der Waals surface area contributed by atoms with Crippen LogP contribution in [0.25, 0.3) is 11.1 Å². The van der Waals surface area contributed by atoms with Crippen molar-refractivity contribution in [1.82, 2.24) is 4.98 Å². The Bertz CT molecular complexity index is 631. The van der Waals surface area contributed by atoms with Crippen molar-refractivity contribution in [2.45, 2.75) is 6.36 Å². The number of benzene rings is 1. The van der Waals surface area contributed by atoms with Gasteiger partial charge in [0.2, 0.25) is 0 Å². The molecule has 1 N–H and O–H groups in total. The first-order valence-corrected chi connectivity index (χ1v) is 5.10. The van der Waals surface area contributed by atoms with Crippen LogP contribution in [0.3, 0.4) is 0 Å². The standard InChI is InChI=1S/C12H7F4NO2/c13-10-9(5-6-17-11(10)18)7-1-3-8(4-2-7)19-12(14,15)16/h1-6H,(H,17,18). The molecule has 0 amide bonds. The van der Waals surface area contributed by atoms with Crippen LogP contribution in [0.15, 0.2) is 41.3 Å². The van der Waals surface area contributed by atoms with E-state index < -0.39 is 23.5 Å². The second-order valence-electron chi connectivity index (χ2n) is 3.61. The van der Waals surface area contributed by atoms with Crippen LogP contribution in [-0.4, -0.2) is 11.3 Å². The molecule has 0 bridgehead atoms. The molecule has 1 heterocycles. The summed E-state index contributed by atoms with van der Waals surface area (Å²) >= 11 is 0. The molecule has 0 saturated carbocycles. The van der Waals surface area contributed by atoms with Gasteiger partial charge in [0, 0.05) is 11.8 Å². The number of nitrogens with one attached hydrogen (secondary N) is 1. The lowest BCUT2D eigenvalue weighted by Gasteiger charge is -2.09. The molecule has 0 spiro atoms. The fourth-order valence-corrected chi connectivity index (χ4v) is 1.52. The molecule has 0 saturated heterocycles. The summed E-state index contributed by atoms with van der Waals surface area (Å²) in [6, 6.07) is 5.88.